The summed E-state index contributed by atoms with van der Waals surface area (Å²) in [4.78, 5) is 11.9. The molecule has 0 heterocycles. The van der Waals surface area contributed by atoms with Crippen molar-refractivity contribution in [3.63, 3.8) is 0 Å². The molecule has 0 bridgehead atoms. The first kappa shape index (κ1) is 15.3. The predicted octanol–water partition coefficient (Wildman–Crippen LogP) is 2.87. The fourth-order valence-electron chi connectivity index (χ4n) is 1.79. The molecule has 0 saturated heterocycles. The number of hydrogen-bond donors (Lipinski definition) is 1. The molecule has 0 spiro atoms. The van der Waals surface area contributed by atoms with Crippen LogP contribution in [0.1, 0.15) is 37.0 Å². The van der Waals surface area contributed by atoms with Gasteiger partial charge in [-0.2, -0.15) is 0 Å². The van der Waals surface area contributed by atoms with Crippen LogP contribution in [0.15, 0.2) is 18.2 Å². The lowest BCUT2D eigenvalue weighted by Crippen LogP contribution is -2.24. The van der Waals surface area contributed by atoms with Crippen LogP contribution in [0, 0.1) is 5.92 Å². The summed E-state index contributed by atoms with van der Waals surface area (Å²) in [5, 5.41) is 2.91. The van der Waals surface area contributed by atoms with Crippen molar-refractivity contribution in [3.8, 4) is 11.5 Å². The summed E-state index contributed by atoms with van der Waals surface area (Å²) in [6, 6.07) is 5.16. The summed E-state index contributed by atoms with van der Waals surface area (Å²) in [5.41, 5.74) is 0.585. The number of methoxy groups -OCH3 is 2. The number of carbonyl (C=O) groups is 1. The molecule has 4 heteroatoms. The average molecular weight is 265 g/mol. The summed E-state index contributed by atoms with van der Waals surface area (Å²) in [7, 11) is 3.13. The van der Waals surface area contributed by atoms with E-state index in [0.29, 0.717) is 29.5 Å². The maximum atomic E-state index is 11.9. The quantitative estimate of drug-likeness (QED) is 0.771. The van der Waals surface area contributed by atoms with Gasteiger partial charge in [-0.1, -0.05) is 13.8 Å². The largest absolute Gasteiger partial charge is 0.493 e. The third-order valence-corrected chi connectivity index (χ3v) is 2.89. The van der Waals surface area contributed by atoms with E-state index in [-0.39, 0.29) is 5.91 Å². The Morgan fingerprint density at radius 3 is 2.47 bits per heavy atom. The Labute approximate surface area is 115 Å². The number of ether oxygens (including phenoxy) is 2. The number of benzene rings is 1. The van der Waals surface area contributed by atoms with Crippen LogP contribution in [0.4, 0.5) is 0 Å². The maximum Gasteiger partial charge on any atom is 0.251 e. The molecule has 0 atom stereocenters. The molecule has 19 heavy (non-hydrogen) atoms. The Morgan fingerprint density at radius 1 is 1.21 bits per heavy atom. The molecule has 1 amide bonds. The molecule has 4 nitrogen and oxygen atoms in total. The standard InChI is InChI=1S/C15H23NO3/c1-11(2)6-5-9-16-15(17)12-7-8-13(18-3)14(10-12)19-4/h7-8,10-11H,5-6,9H2,1-4H3,(H,16,17). The van der Waals surface area contributed by atoms with Crippen molar-refractivity contribution in [3.05, 3.63) is 23.8 Å². The second-order valence-corrected chi connectivity index (χ2v) is 4.86. The lowest BCUT2D eigenvalue weighted by atomic mass is 10.1. The first-order valence-corrected chi connectivity index (χ1v) is 6.58. The molecule has 0 radical (unpaired) electrons. The smallest absolute Gasteiger partial charge is 0.251 e. The number of carbonyl (C=O) groups excluding carboxylic acids is 1. The topological polar surface area (TPSA) is 47.6 Å². The molecule has 1 aromatic carbocycles. The molecule has 0 fully saturated rings. The lowest BCUT2D eigenvalue weighted by molar-refractivity contribution is 0.0952. The molecule has 0 unspecified atom stereocenters. The van der Waals surface area contributed by atoms with Crippen LogP contribution in [0.5, 0.6) is 11.5 Å². The van der Waals surface area contributed by atoms with E-state index in [1.165, 1.54) is 0 Å². The second-order valence-electron chi connectivity index (χ2n) is 4.86. The average Bonchev–Trinajstić information content (AvgIpc) is 2.42. The number of nitrogens with one attached hydrogen (secondary N) is 1. The molecule has 0 aliphatic rings. The molecular weight excluding hydrogens is 242 g/mol. The number of hydrogen-bond acceptors (Lipinski definition) is 3. The molecule has 1 N–H and O–H groups in total. The first-order chi connectivity index (χ1) is 9.08. The van der Waals surface area contributed by atoms with E-state index in [4.69, 9.17) is 9.47 Å². The summed E-state index contributed by atoms with van der Waals surface area (Å²) >= 11 is 0. The molecule has 106 valence electrons. The van der Waals surface area contributed by atoms with Gasteiger partial charge in [0.15, 0.2) is 11.5 Å². The van der Waals surface area contributed by atoms with Gasteiger partial charge in [0.2, 0.25) is 0 Å². The van der Waals surface area contributed by atoms with Gasteiger partial charge in [0, 0.05) is 12.1 Å². The van der Waals surface area contributed by atoms with Crippen molar-refractivity contribution in [2.75, 3.05) is 20.8 Å². The van der Waals surface area contributed by atoms with Gasteiger partial charge in [0.05, 0.1) is 14.2 Å². The normalized spacial score (nSPS) is 10.4. The van der Waals surface area contributed by atoms with Crippen molar-refractivity contribution in [1.82, 2.24) is 5.32 Å². The Bertz CT molecular complexity index is 416. The first-order valence-electron chi connectivity index (χ1n) is 6.58. The van der Waals surface area contributed by atoms with E-state index >= 15 is 0 Å². The van der Waals surface area contributed by atoms with E-state index in [2.05, 4.69) is 19.2 Å². The maximum absolute atomic E-state index is 11.9. The van der Waals surface area contributed by atoms with Crippen LogP contribution >= 0.6 is 0 Å². The van der Waals surface area contributed by atoms with Crippen molar-refractivity contribution < 1.29 is 14.3 Å². The van der Waals surface area contributed by atoms with E-state index < -0.39 is 0 Å². The SMILES string of the molecule is COc1ccc(C(=O)NCCCC(C)C)cc1OC. The molecule has 0 aromatic heterocycles. The van der Waals surface area contributed by atoms with E-state index in [9.17, 15) is 4.79 Å². The van der Waals surface area contributed by atoms with Crippen LogP contribution < -0.4 is 14.8 Å². The summed E-state index contributed by atoms with van der Waals surface area (Å²) in [6.07, 6.45) is 2.11. The van der Waals surface area contributed by atoms with Crippen molar-refractivity contribution >= 4 is 5.91 Å². The highest BCUT2D eigenvalue weighted by Crippen LogP contribution is 2.27. The van der Waals surface area contributed by atoms with E-state index in [1.54, 1.807) is 32.4 Å². The van der Waals surface area contributed by atoms with Crippen LogP contribution in [-0.2, 0) is 0 Å². The van der Waals surface area contributed by atoms with Gasteiger partial charge in [0.1, 0.15) is 0 Å². The number of rotatable bonds is 7. The van der Waals surface area contributed by atoms with E-state index in [1.807, 2.05) is 0 Å². The van der Waals surface area contributed by atoms with Crippen molar-refractivity contribution in [1.29, 1.82) is 0 Å². The van der Waals surface area contributed by atoms with Crippen molar-refractivity contribution in [2.24, 2.45) is 5.92 Å². The Balaban J connectivity index is 2.57. The summed E-state index contributed by atoms with van der Waals surface area (Å²) in [5.74, 6) is 1.78. The van der Waals surface area contributed by atoms with Crippen LogP contribution in [0.3, 0.4) is 0 Å². The van der Waals surface area contributed by atoms with E-state index in [0.717, 1.165) is 12.8 Å². The second kappa shape index (κ2) is 7.67. The molecule has 0 aliphatic carbocycles. The third kappa shape index (κ3) is 4.81. The van der Waals surface area contributed by atoms with Gasteiger partial charge < -0.3 is 14.8 Å². The highest BCUT2D eigenvalue weighted by atomic mass is 16.5. The summed E-state index contributed by atoms with van der Waals surface area (Å²) in [6.45, 7) is 5.05. The highest BCUT2D eigenvalue weighted by molar-refractivity contribution is 5.94. The van der Waals surface area contributed by atoms with Gasteiger partial charge in [-0.3, -0.25) is 4.79 Å². The molecule has 1 rings (SSSR count). The zero-order valence-electron chi connectivity index (χ0n) is 12.2. The minimum atomic E-state index is -0.0790. The predicted molar refractivity (Wildman–Crippen MR) is 76.0 cm³/mol. The van der Waals surface area contributed by atoms with Crippen LogP contribution in [-0.4, -0.2) is 26.7 Å². The zero-order chi connectivity index (χ0) is 14.3. The molecule has 0 aliphatic heterocycles. The minimum absolute atomic E-state index is 0.0790. The van der Waals surface area contributed by atoms with Crippen LogP contribution in [0.25, 0.3) is 0 Å². The zero-order valence-corrected chi connectivity index (χ0v) is 12.2. The summed E-state index contributed by atoms with van der Waals surface area (Å²) < 4.78 is 10.3. The molecular formula is C15H23NO3. The lowest BCUT2D eigenvalue weighted by Gasteiger charge is -2.10. The third-order valence-electron chi connectivity index (χ3n) is 2.89. The Kier molecular flexibility index (Phi) is 6.19. The fraction of sp³-hybridized carbons (Fsp3) is 0.533. The van der Waals surface area contributed by atoms with Gasteiger partial charge >= 0.3 is 0 Å². The Hall–Kier alpha value is -1.71. The monoisotopic (exact) mass is 265 g/mol. The molecule has 0 saturated carbocycles. The number of amides is 1. The Morgan fingerprint density at radius 2 is 1.89 bits per heavy atom. The van der Waals surface area contributed by atoms with Crippen molar-refractivity contribution in [2.45, 2.75) is 26.7 Å². The van der Waals surface area contributed by atoms with Gasteiger partial charge in [-0.15, -0.1) is 0 Å². The van der Waals surface area contributed by atoms with Crippen LogP contribution in [0.2, 0.25) is 0 Å². The highest BCUT2D eigenvalue weighted by Gasteiger charge is 2.10. The molecule has 1 aromatic rings. The van der Waals surface area contributed by atoms with Gasteiger partial charge in [-0.05, 0) is 37.0 Å². The van der Waals surface area contributed by atoms with Gasteiger partial charge in [0.25, 0.3) is 5.91 Å². The minimum Gasteiger partial charge on any atom is -0.493 e. The van der Waals surface area contributed by atoms with Gasteiger partial charge in [-0.25, -0.2) is 0 Å². The fourth-order valence-corrected chi connectivity index (χ4v) is 1.79.